The van der Waals surface area contributed by atoms with E-state index in [4.69, 9.17) is 0 Å². The van der Waals surface area contributed by atoms with Crippen LogP contribution < -0.4 is 0 Å². The van der Waals surface area contributed by atoms with E-state index in [0.29, 0.717) is 24.0 Å². The van der Waals surface area contributed by atoms with E-state index in [1.54, 1.807) is 27.8 Å². The van der Waals surface area contributed by atoms with Crippen molar-refractivity contribution in [2.45, 2.75) is 83.2 Å². The third kappa shape index (κ3) is 6.19. The quantitative estimate of drug-likeness (QED) is 0.497. The van der Waals surface area contributed by atoms with Gasteiger partial charge in [-0.25, -0.2) is 8.42 Å². The van der Waals surface area contributed by atoms with Gasteiger partial charge in [-0.1, -0.05) is 39.3 Å². The summed E-state index contributed by atoms with van der Waals surface area (Å²) in [4.78, 5) is 4.03. The second-order valence-corrected chi connectivity index (χ2v) is 12.8. The molecule has 0 amide bonds. The first kappa shape index (κ1) is 24.4. The highest BCUT2D eigenvalue weighted by Gasteiger charge is 2.27. The third-order valence-electron chi connectivity index (χ3n) is 6.44. The lowest BCUT2D eigenvalue weighted by Gasteiger charge is -2.34. The second-order valence-electron chi connectivity index (χ2n) is 9.87. The van der Waals surface area contributed by atoms with E-state index < -0.39 is 10.0 Å². The molecule has 1 aromatic heterocycles. The summed E-state index contributed by atoms with van der Waals surface area (Å²) in [6, 6.07) is 10.1. The van der Waals surface area contributed by atoms with Crippen LogP contribution in [0.4, 0.5) is 0 Å². The molecule has 2 heterocycles. The number of likely N-dealkylation sites (tertiary alicyclic amines) is 1. The van der Waals surface area contributed by atoms with Crippen LogP contribution in [0.2, 0.25) is 0 Å². The summed E-state index contributed by atoms with van der Waals surface area (Å²) in [6.45, 7) is 13.9. The SMILES string of the molecule is Cc1ccsc1CN(CCCN1CCCCC1C)S(=O)(=O)c1ccc(C(C)(C)C)cc1. The van der Waals surface area contributed by atoms with Crippen molar-refractivity contribution >= 4 is 21.4 Å². The molecular formula is C25H38N2O2S2. The highest BCUT2D eigenvalue weighted by molar-refractivity contribution is 7.89. The van der Waals surface area contributed by atoms with E-state index >= 15 is 0 Å². The van der Waals surface area contributed by atoms with Crippen LogP contribution >= 0.6 is 11.3 Å². The van der Waals surface area contributed by atoms with Crippen LogP contribution in [0.15, 0.2) is 40.6 Å². The zero-order valence-electron chi connectivity index (χ0n) is 19.7. The molecule has 4 nitrogen and oxygen atoms in total. The van der Waals surface area contributed by atoms with E-state index in [2.05, 4.69) is 45.6 Å². The maximum Gasteiger partial charge on any atom is 0.243 e. The van der Waals surface area contributed by atoms with Gasteiger partial charge in [0, 0.05) is 24.0 Å². The number of sulfonamides is 1. The maximum atomic E-state index is 13.6. The summed E-state index contributed by atoms with van der Waals surface area (Å²) >= 11 is 1.64. The molecule has 3 rings (SSSR count). The largest absolute Gasteiger partial charge is 0.301 e. The van der Waals surface area contributed by atoms with Gasteiger partial charge in [0.25, 0.3) is 0 Å². The van der Waals surface area contributed by atoms with Gasteiger partial charge in [-0.15, -0.1) is 11.3 Å². The Morgan fingerprint density at radius 2 is 1.84 bits per heavy atom. The molecule has 31 heavy (non-hydrogen) atoms. The van der Waals surface area contributed by atoms with Gasteiger partial charge >= 0.3 is 0 Å². The Kier molecular flexibility index (Phi) is 8.00. The van der Waals surface area contributed by atoms with Crippen molar-refractivity contribution in [1.82, 2.24) is 9.21 Å². The molecule has 2 aromatic rings. The Bertz CT molecular complexity index is 943. The topological polar surface area (TPSA) is 40.6 Å². The molecule has 1 unspecified atom stereocenters. The molecular weight excluding hydrogens is 424 g/mol. The number of aryl methyl sites for hydroxylation is 1. The maximum absolute atomic E-state index is 13.6. The lowest BCUT2D eigenvalue weighted by atomic mass is 9.87. The predicted molar refractivity (Wildman–Crippen MR) is 131 cm³/mol. The number of thiophene rings is 1. The Balaban J connectivity index is 1.78. The van der Waals surface area contributed by atoms with Crippen molar-refractivity contribution < 1.29 is 8.42 Å². The molecule has 1 aliphatic heterocycles. The molecule has 0 radical (unpaired) electrons. The van der Waals surface area contributed by atoms with Crippen molar-refractivity contribution in [1.29, 1.82) is 0 Å². The fraction of sp³-hybridized carbons (Fsp3) is 0.600. The predicted octanol–water partition coefficient (Wildman–Crippen LogP) is 5.81. The van der Waals surface area contributed by atoms with Crippen molar-refractivity contribution in [2.24, 2.45) is 0 Å². The molecule has 172 valence electrons. The smallest absolute Gasteiger partial charge is 0.243 e. The standard InChI is InChI=1S/C25H38N2O2S2/c1-20-14-18-30-24(20)19-27(17-8-16-26-15-7-6-9-21(26)2)31(28,29)23-12-10-22(11-13-23)25(3,4)5/h10-14,18,21H,6-9,15-17,19H2,1-5H3. The van der Waals surface area contributed by atoms with Crippen molar-refractivity contribution in [2.75, 3.05) is 19.6 Å². The Morgan fingerprint density at radius 3 is 2.42 bits per heavy atom. The molecule has 1 fully saturated rings. The molecule has 0 N–H and O–H groups in total. The van der Waals surface area contributed by atoms with Crippen LogP contribution in [0, 0.1) is 6.92 Å². The summed E-state index contributed by atoms with van der Waals surface area (Å²) < 4.78 is 28.9. The van der Waals surface area contributed by atoms with Crippen molar-refractivity contribution in [3.05, 3.63) is 51.7 Å². The Labute approximate surface area is 193 Å². The van der Waals surface area contributed by atoms with E-state index in [9.17, 15) is 8.42 Å². The number of hydrogen-bond acceptors (Lipinski definition) is 4. The van der Waals surface area contributed by atoms with Crippen LogP contribution in [0.3, 0.4) is 0 Å². The highest BCUT2D eigenvalue weighted by atomic mass is 32.2. The van der Waals surface area contributed by atoms with Crippen LogP contribution in [-0.2, 0) is 22.0 Å². The van der Waals surface area contributed by atoms with Crippen LogP contribution in [0.5, 0.6) is 0 Å². The molecule has 0 bridgehead atoms. The zero-order valence-corrected chi connectivity index (χ0v) is 21.4. The Morgan fingerprint density at radius 1 is 1.13 bits per heavy atom. The van der Waals surface area contributed by atoms with Crippen LogP contribution in [-0.4, -0.2) is 43.3 Å². The molecule has 1 atom stereocenters. The first-order valence-corrected chi connectivity index (χ1v) is 13.8. The first-order chi connectivity index (χ1) is 14.6. The van der Waals surface area contributed by atoms with Gasteiger partial charge in [-0.2, -0.15) is 4.31 Å². The van der Waals surface area contributed by atoms with Crippen LogP contribution in [0.1, 0.15) is 69.4 Å². The number of piperidine rings is 1. The minimum Gasteiger partial charge on any atom is -0.301 e. The van der Waals surface area contributed by atoms with Gasteiger partial charge in [-0.05, 0) is 86.3 Å². The average Bonchev–Trinajstić information content (AvgIpc) is 3.12. The van der Waals surface area contributed by atoms with Crippen molar-refractivity contribution in [3.63, 3.8) is 0 Å². The summed E-state index contributed by atoms with van der Waals surface area (Å²) in [5.74, 6) is 0. The molecule has 1 saturated heterocycles. The minimum atomic E-state index is -3.55. The summed E-state index contributed by atoms with van der Waals surface area (Å²) in [6.07, 6.45) is 4.66. The molecule has 0 spiro atoms. The summed E-state index contributed by atoms with van der Waals surface area (Å²) in [5.41, 5.74) is 2.31. The first-order valence-electron chi connectivity index (χ1n) is 11.5. The normalized spacial score (nSPS) is 18.6. The minimum absolute atomic E-state index is 0.00119. The van der Waals surface area contributed by atoms with Crippen LogP contribution in [0.25, 0.3) is 0 Å². The van der Waals surface area contributed by atoms with Gasteiger partial charge in [0.1, 0.15) is 0 Å². The monoisotopic (exact) mass is 462 g/mol. The highest BCUT2D eigenvalue weighted by Crippen LogP contribution is 2.27. The van der Waals surface area contributed by atoms with Gasteiger partial charge in [0.05, 0.1) is 4.90 Å². The molecule has 0 aliphatic carbocycles. The molecule has 6 heteroatoms. The van der Waals surface area contributed by atoms with Gasteiger partial charge < -0.3 is 4.90 Å². The van der Waals surface area contributed by atoms with E-state index in [-0.39, 0.29) is 5.41 Å². The number of nitrogens with zero attached hydrogens (tertiary/aromatic N) is 2. The molecule has 1 aromatic carbocycles. The molecule has 0 saturated carbocycles. The summed E-state index contributed by atoms with van der Waals surface area (Å²) in [5, 5.41) is 2.04. The van der Waals surface area contributed by atoms with Gasteiger partial charge in [-0.3, -0.25) is 0 Å². The number of hydrogen-bond donors (Lipinski definition) is 0. The number of benzene rings is 1. The second kappa shape index (κ2) is 10.2. The number of rotatable bonds is 8. The lowest BCUT2D eigenvalue weighted by Crippen LogP contribution is -2.40. The fourth-order valence-corrected chi connectivity index (χ4v) is 6.68. The lowest BCUT2D eigenvalue weighted by molar-refractivity contribution is 0.155. The fourth-order valence-electron chi connectivity index (χ4n) is 4.23. The zero-order chi connectivity index (χ0) is 22.6. The third-order valence-corrected chi connectivity index (χ3v) is 9.31. The van der Waals surface area contributed by atoms with E-state index in [1.807, 2.05) is 17.5 Å². The van der Waals surface area contributed by atoms with Gasteiger partial charge in [0.2, 0.25) is 10.0 Å². The summed E-state index contributed by atoms with van der Waals surface area (Å²) in [7, 11) is -3.55. The van der Waals surface area contributed by atoms with Crippen molar-refractivity contribution in [3.8, 4) is 0 Å². The molecule has 1 aliphatic rings. The Hall–Kier alpha value is -1.21. The van der Waals surface area contributed by atoms with E-state index in [0.717, 1.165) is 35.5 Å². The van der Waals surface area contributed by atoms with Gasteiger partial charge in [0.15, 0.2) is 0 Å². The average molecular weight is 463 g/mol. The van der Waals surface area contributed by atoms with E-state index in [1.165, 1.54) is 19.3 Å².